The van der Waals surface area contributed by atoms with Gasteiger partial charge in [0.2, 0.25) is 0 Å². The van der Waals surface area contributed by atoms with Crippen LogP contribution in [0.25, 0.3) is 10.9 Å². The minimum Gasteiger partial charge on any atom is -0.493 e. The maximum Gasteiger partial charge on any atom is 0.251 e. The second-order valence-corrected chi connectivity index (χ2v) is 7.26. The minimum absolute atomic E-state index is 0.0409. The summed E-state index contributed by atoms with van der Waals surface area (Å²) in [6.45, 7) is 0.198. The summed E-state index contributed by atoms with van der Waals surface area (Å²) in [5, 5.41) is 3.85. The summed E-state index contributed by atoms with van der Waals surface area (Å²) < 4.78 is 37.9. The summed E-state index contributed by atoms with van der Waals surface area (Å²) in [5.41, 5.74) is 2.78. The first kappa shape index (κ1) is 21.4. The van der Waals surface area contributed by atoms with E-state index in [1.807, 2.05) is 42.6 Å². The molecule has 2 N–H and O–H groups in total. The molecule has 0 aliphatic rings. The lowest BCUT2D eigenvalue weighted by molar-refractivity contribution is 0.0951. The van der Waals surface area contributed by atoms with Crippen molar-refractivity contribution in [2.45, 2.75) is 5.92 Å². The summed E-state index contributed by atoms with van der Waals surface area (Å²) in [6.07, 6.45) is 1.90. The standard InChI is InChI=1S/C25H22F2N2O3/c1-31-23-9-5-7-17(24(23)32-2)19(18-13-28-22-8-4-3-6-16(18)22)14-29-25(30)15-10-11-20(26)21(27)12-15/h3-13,19,28H,14H2,1-2H3,(H,29,30). The van der Waals surface area contributed by atoms with Gasteiger partial charge in [0.05, 0.1) is 14.2 Å². The Morgan fingerprint density at radius 2 is 1.78 bits per heavy atom. The van der Waals surface area contributed by atoms with Gasteiger partial charge in [0, 0.05) is 40.7 Å². The predicted octanol–water partition coefficient (Wildman–Crippen LogP) is 5.03. The number of fused-ring (bicyclic) bond motifs is 1. The zero-order valence-corrected chi connectivity index (χ0v) is 17.6. The van der Waals surface area contributed by atoms with Crippen molar-refractivity contribution in [1.82, 2.24) is 10.3 Å². The van der Waals surface area contributed by atoms with E-state index < -0.39 is 17.5 Å². The average molecular weight is 436 g/mol. The predicted molar refractivity (Wildman–Crippen MR) is 118 cm³/mol. The molecule has 0 fully saturated rings. The van der Waals surface area contributed by atoms with Crippen LogP contribution < -0.4 is 14.8 Å². The van der Waals surface area contributed by atoms with E-state index >= 15 is 0 Å². The van der Waals surface area contributed by atoms with E-state index in [0.29, 0.717) is 11.5 Å². The molecule has 7 heteroatoms. The number of aromatic nitrogens is 1. The van der Waals surface area contributed by atoms with Crippen LogP contribution in [0.4, 0.5) is 8.78 Å². The fraction of sp³-hybridized carbons (Fsp3) is 0.160. The van der Waals surface area contributed by atoms with Crippen LogP contribution in [0.5, 0.6) is 11.5 Å². The first-order valence-corrected chi connectivity index (χ1v) is 10.0. The van der Waals surface area contributed by atoms with Gasteiger partial charge in [-0.15, -0.1) is 0 Å². The maximum absolute atomic E-state index is 13.6. The molecule has 0 bridgehead atoms. The van der Waals surface area contributed by atoms with Crippen molar-refractivity contribution >= 4 is 16.8 Å². The Morgan fingerprint density at radius 3 is 2.53 bits per heavy atom. The molecule has 0 aliphatic heterocycles. The number of benzene rings is 3. The fourth-order valence-corrected chi connectivity index (χ4v) is 3.89. The molecular weight excluding hydrogens is 414 g/mol. The number of carbonyl (C=O) groups is 1. The Kier molecular flexibility index (Phi) is 6.07. The van der Waals surface area contributed by atoms with E-state index in [-0.39, 0.29) is 18.0 Å². The Hall–Kier alpha value is -3.87. The monoisotopic (exact) mass is 436 g/mol. The molecule has 1 aromatic heterocycles. The highest BCUT2D eigenvalue weighted by atomic mass is 19.2. The molecule has 1 amide bonds. The lowest BCUT2D eigenvalue weighted by Crippen LogP contribution is -2.29. The number of rotatable bonds is 7. The number of amides is 1. The van der Waals surface area contributed by atoms with Crippen LogP contribution in [0, 0.1) is 11.6 Å². The number of halogens is 2. The molecule has 0 spiro atoms. The van der Waals surface area contributed by atoms with Crippen LogP contribution in [-0.2, 0) is 0 Å². The molecule has 0 radical (unpaired) electrons. The zero-order chi connectivity index (χ0) is 22.7. The Bertz CT molecular complexity index is 1270. The number of para-hydroxylation sites is 2. The van der Waals surface area contributed by atoms with Crippen LogP contribution >= 0.6 is 0 Å². The van der Waals surface area contributed by atoms with Gasteiger partial charge in [0.15, 0.2) is 23.1 Å². The van der Waals surface area contributed by atoms with Gasteiger partial charge in [0.1, 0.15) is 0 Å². The highest BCUT2D eigenvalue weighted by Crippen LogP contribution is 2.40. The molecule has 3 aromatic carbocycles. The molecule has 1 unspecified atom stereocenters. The quantitative estimate of drug-likeness (QED) is 0.427. The third-order valence-corrected chi connectivity index (χ3v) is 5.45. The number of H-pyrrole nitrogens is 1. The van der Waals surface area contributed by atoms with Crippen LogP contribution in [0.1, 0.15) is 27.4 Å². The summed E-state index contributed by atoms with van der Waals surface area (Å²) in [7, 11) is 3.13. The van der Waals surface area contributed by atoms with E-state index in [1.165, 1.54) is 6.07 Å². The molecule has 164 valence electrons. The number of hydrogen-bond acceptors (Lipinski definition) is 3. The molecule has 4 aromatic rings. The van der Waals surface area contributed by atoms with Gasteiger partial charge in [-0.2, -0.15) is 0 Å². The number of aromatic amines is 1. The smallest absolute Gasteiger partial charge is 0.251 e. The minimum atomic E-state index is -1.07. The largest absolute Gasteiger partial charge is 0.493 e. The van der Waals surface area contributed by atoms with E-state index in [1.54, 1.807) is 20.3 Å². The van der Waals surface area contributed by atoms with Gasteiger partial charge in [-0.05, 0) is 35.9 Å². The molecule has 5 nitrogen and oxygen atoms in total. The number of nitrogens with one attached hydrogen (secondary N) is 2. The van der Waals surface area contributed by atoms with Crippen LogP contribution in [0.15, 0.2) is 66.9 Å². The highest BCUT2D eigenvalue weighted by Gasteiger charge is 2.24. The van der Waals surface area contributed by atoms with Crippen molar-refractivity contribution in [2.24, 2.45) is 0 Å². The molecule has 0 saturated heterocycles. The van der Waals surface area contributed by atoms with Gasteiger partial charge in [-0.25, -0.2) is 8.78 Å². The van der Waals surface area contributed by atoms with Gasteiger partial charge in [-0.1, -0.05) is 30.3 Å². The van der Waals surface area contributed by atoms with Crippen LogP contribution in [-0.4, -0.2) is 31.7 Å². The molecule has 32 heavy (non-hydrogen) atoms. The van der Waals surface area contributed by atoms with Gasteiger partial charge >= 0.3 is 0 Å². The summed E-state index contributed by atoms with van der Waals surface area (Å²) >= 11 is 0. The summed E-state index contributed by atoms with van der Waals surface area (Å²) in [5.74, 6) is -1.74. The van der Waals surface area contributed by atoms with Crippen molar-refractivity contribution < 1.29 is 23.0 Å². The first-order valence-electron chi connectivity index (χ1n) is 10.0. The van der Waals surface area contributed by atoms with E-state index in [2.05, 4.69) is 10.3 Å². The average Bonchev–Trinajstić information content (AvgIpc) is 3.24. The van der Waals surface area contributed by atoms with E-state index in [4.69, 9.17) is 9.47 Å². The Labute approximate surface area is 184 Å². The second kappa shape index (κ2) is 9.09. The molecule has 0 saturated carbocycles. The van der Waals surface area contributed by atoms with Crippen molar-refractivity contribution in [2.75, 3.05) is 20.8 Å². The Morgan fingerprint density at radius 1 is 0.969 bits per heavy atom. The van der Waals surface area contributed by atoms with Gasteiger partial charge < -0.3 is 19.8 Å². The van der Waals surface area contributed by atoms with E-state index in [0.717, 1.165) is 34.2 Å². The third kappa shape index (κ3) is 4.01. The van der Waals surface area contributed by atoms with Crippen LogP contribution in [0.3, 0.4) is 0 Å². The summed E-state index contributed by atoms with van der Waals surface area (Å²) in [4.78, 5) is 16.0. The third-order valence-electron chi connectivity index (χ3n) is 5.45. The lowest BCUT2D eigenvalue weighted by Gasteiger charge is -2.22. The van der Waals surface area contributed by atoms with Gasteiger partial charge in [0.25, 0.3) is 5.91 Å². The SMILES string of the molecule is COc1cccc(C(CNC(=O)c2ccc(F)c(F)c2)c2c[nH]c3ccccc23)c1OC. The first-order chi connectivity index (χ1) is 15.5. The molecule has 0 aliphatic carbocycles. The normalized spacial score (nSPS) is 11.9. The van der Waals surface area contributed by atoms with Crippen LogP contribution in [0.2, 0.25) is 0 Å². The zero-order valence-electron chi connectivity index (χ0n) is 17.6. The van der Waals surface area contributed by atoms with Crippen molar-refractivity contribution in [1.29, 1.82) is 0 Å². The second-order valence-electron chi connectivity index (χ2n) is 7.26. The van der Waals surface area contributed by atoms with Crippen molar-refractivity contribution in [3.63, 3.8) is 0 Å². The molecule has 4 rings (SSSR count). The van der Waals surface area contributed by atoms with Crippen molar-refractivity contribution in [3.05, 3.63) is 95.2 Å². The lowest BCUT2D eigenvalue weighted by atomic mass is 9.89. The van der Waals surface area contributed by atoms with E-state index in [9.17, 15) is 13.6 Å². The van der Waals surface area contributed by atoms with Gasteiger partial charge in [-0.3, -0.25) is 4.79 Å². The van der Waals surface area contributed by atoms with Crippen molar-refractivity contribution in [3.8, 4) is 11.5 Å². The number of methoxy groups -OCH3 is 2. The summed E-state index contributed by atoms with van der Waals surface area (Å²) in [6, 6.07) is 16.5. The number of carbonyl (C=O) groups excluding carboxylic acids is 1. The number of ether oxygens (including phenoxy) is 2. The molecule has 1 heterocycles. The highest BCUT2D eigenvalue weighted by molar-refractivity contribution is 5.94. The molecule has 1 atom stereocenters. The fourth-order valence-electron chi connectivity index (χ4n) is 3.89. The number of hydrogen-bond donors (Lipinski definition) is 2. The Balaban J connectivity index is 1.73. The maximum atomic E-state index is 13.6. The molecular formula is C25H22F2N2O3. The topological polar surface area (TPSA) is 63.3 Å².